The molecule has 30 heavy (non-hydrogen) atoms. The van der Waals surface area contributed by atoms with E-state index in [4.69, 9.17) is 23.2 Å². The Morgan fingerprint density at radius 1 is 1.10 bits per heavy atom. The summed E-state index contributed by atoms with van der Waals surface area (Å²) in [6.45, 7) is 3.21. The molecule has 2 aromatic carbocycles. The molecule has 0 aromatic heterocycles. The molecule has 2 aromatic rings. The number of nitrogens with zero attached hydrogens (tertiary/aromatic N) is 1. The van der Waals surface area contributed by atoms with Crippen molar-refractivity contribution in [2.24, 2.45) is 5.92 Å². The van der Waals surface area contributed by atoms with E-state index in [1.54, 1.807) is 47.4 Å². The summed E-state index contributed by atoms with van der Waals surface area (Å²) in [5.41, 5.74) is 1.40. The SMILES string of the molecule is CCCCN1CC(C(=O)Nc2ccc(C(=O)Nc3cc(Cl)ccc3Cl)cc2)CC1=O. The quantitative estimate of drug-likeness (QED) is 0.637. The predicted octanol–water partition coefficient (Wildman–Crippen LogP) is 4.83. The maximum Gasteiger partial charge on any atom is 0.255 e. The Balaban J connectivity index is 1.58. The fraction of sp³-hybridized carbons (Fsp3) is 0.318. The summed E-state index contributed by atoms with van der Waals surface area (Å²) in [5.74, 6) is -0.868. The largest absolute Gasteiger partial charge is 0.342 e. The molecule has 1 fully saturated rings. The van der Waals surface area contributed by atoms with Gasteiger partial charge in [-0.1, -0.05) is 36.5 Å². The Hall–Kier alpha value is -2.57. The van der Waals surface area contributed by atoms with Crippen molar-refractivity contribution in [1.29, 1.82) is 0 Å². The number of amides is 3. The van der Waals surface area contributed by atoms with Crippen LogP contribution in [0.25, 0.3) is 0 Å². The topological polar surface area (TPSA) is 78.5 Å². The van der Waals surface area contributed by atoms with Crippen LogP contribution in [0.1, 0.15) is 36.5 Å². The number of anilines is 2. The molecule has 3 amide bonds. The standard InChI is InChI=1S/C22H23Cl2N3O3/c1-2-3-10-27-13-15(11-20(27)28)22(30)25-17-7-4-14(5-8-17)21(29)26-19-12-16(23)6-9-18(19)24/h4-9,12,15H,2-3,10-11,13H2,1H3,(H,25,30)(H,26,29). The van der Waals surface area contributed by atoms with E-state index in [0.717, 1.165) is 12.8 Å². The third kappa shape index (κ3) is 5.52. The fourth-order valence-electron chi connectivity index (χ4n) is 3.25. The summed E-state index contributed by atoms with van der Waals surface area (Å²) in [7, 11) is 0. The second kappa shape index (κ2) is 9.96. The first-order valence-electron chi connectivity index (χ1n) is 9.82. The predicted molar refractivity (Wildman–Crippen MR) is 119 cm³/mol. The van der Waals surface area contributed by atoms with Crippen LogP contribution in [0, 0.1) is 5.92 Å². The van der Waals surface area contributed by atoms with Crippen molar-refractivity contribution >= 4 is 52.3 Å². The molecule has 0 radical (unpaired) electrons. The van der Waals surface area contributed by atoms with Crippen molar-refractivity contribution in [3.05, 3.63) is 58.1 Å². The molecule has 1 saturated heterocycles. The third-order valence-corrected chi connectivity index (χ3v) is 5.52. The number of carbonyl (C=O) groups excluding carboxylic acids is 3. The number of hydrogen-bond donors (Lipinski definition) is 2. The zero-order chi connectivity index (χ0) is 21.7. The van der Waals surface area contributed by atoms with Gasteiger partial charge in [-0.05, 0) is 48.9 Å². The molecule has 0 bridgehead atoms. The highest BCUT2D eigenvalue weighted by molar-refractivity contribution is 6.35. The van der Waals surface area contributed by atoms with Crippen LogP contribution in [0.15, 0.2) is 42.5 Å². The van der Waals surface area contributed by atoms with Gasteiger partial charge in [0.25, 0.3) is 5.91 Å². The average Bonchev–Trinajstić information content (AvgIpc) is 3.10. The van der Waals surface area contributed by atoms with Gasteiger partial charge in [-0.2, -0.15) is 0 Å². The molecule has 1 unspecified atom stereocenters. The summed E-state index contributed by atoms with van der Waals surface area (Å²) in [6.07, 6.45) is 2.17. The van der Waals surface area contributed by atoms with E-state index in [-0.39, 0.29) is 30.1 Å². The lowest BCUT2D eigenvalue weighted by molar-refractivity contribution is -0.128. The smallest absolute Gasteiger partial charge is 0.255 e. The number of unbranched alkanes of at least 4 members (excludes halogenated alkanes) is 1. The first kappa shape index (κ1) is 22.1. The number of halogens is 2. The van der Waals surface area contributed by atoms with Crippen LogP contribution in [0.5, 0.6) is 0 Å². The van der Waals surface area contributed by atoms with Crippen LogP contribution in [-0.2, 0) is 9.59 Å². The van der Waals surface area contributed by atoms with Gasteiger partial charge in [-0.25, -0.2) is 0 Å². The average molecular weight is 448 g/mol. The molecule has 0 spiro atoms. The number of benzene rings is 2. The minimum atomic E-state index is -0.359. The van der Waals surface area contributed by atoms with Crippen LogP contribution >= 0.6 is 23.2 Å². The molecule has 1 aliphatic rings. The Bertz CT molecular complexity index is 947. The minimum Gasteiger partial charge on any atom is -0.342 e. The van der Waals surface area contributed by atoms with Crippen molar-refractivity contribution in [2.75, 3.05) is 23.7 Å². The second-order valence-corrected chi connectivity index (χ2v) is 8.08. The minimum absolute atomic E-state index is 0.0234. The first-order chi connectivity index (χ1) is 14.4. The molecule has 1 heterocycles. The highest BCUT2D eigenvalue weighted by Crippen LogP contribution is 2.26. The lowest BCUT2D eigenvalue weighted by Gasteiger charge is -2.16. The molecule has 158 valence electrons. The fourth-order valence-corrected chi connectivity index (χ4v) is 3.59. The molecule has 1 atom stereocenters. The Labute approximate surface area is 185 Å². The number of hydrogen-bond acceptors (Lipinski definition) is 3. The van der Waals surface area contributed by atoms with Gasteiger partial charge in [0.1, 0.15) is 0 Å². The monoisotopic (exact) mass is 447 g/mol. The van der Waals surface area contributed by atoms with E-state index < -0.39 is 0 Å². The Morgan fingerprint density at radius 3 is 2.53 bits per heavy atom. The van der Waals surface area contributed by atoms with Gasteiger partial charge in [0, 0.05) is 35.8 Å². The highest BCUT2D eigenvalue weighted by atomic mass is 35.5. The Morgan fingerprint density at radius 2 is 1.83 bits per heavy atom. The van der Waals surface area contributed by atoms with Gasteiger partial charge in [0.05, 0.1) is 16.6 Å². The summed E-state index contributed by atoms with van der Waals surface area (Å²) < 4.78 is 0. The first-order valence-corrected chi connectivity index (χ1v) is 10.6. The lowest BCUT2D eigenvalue weighted by Crippen LogP contribution is -2.29. The molecule has 0 aliphatic carbocycles. The van der Waals surface area contributed by atoms with Crippen molar-refractivity contribution in [3.8, 4) is 0 Å². The molecule has 3 rings (SSSR count). The van der Waals surface area contributed by atoms with Gasteiger partial charge in [-0.15, -0.1) is 0 Å². The van der Waals surface area contributed by atoms with E-state index in [0.29, 0.717) is 40.1 Å². The van der Waals surface area contributed by atoms with E-state index in [1.807, 2.05) is 0 Å². The third-order valence-electron chi connectivity index (χ3n) is 4.96. The highest BCUT2D eigenvalue weighted by Gasteiger charge is 2.33. The maximum atomic E-state index is 12.5. The zero-order valence-electron chi connectivity index (χ0n) is 16.6. The van der Waals surface area contributed by atoms with Crippen LogP contribution in [0.4, 0.5) is 11.4 Å². The van der Waals surface area contributed by atoms with Gasteiger partial charge in [0.15, 0.2) is 0 Å². The van der Waals surface area contributed by atoms with Crippen LogP contribution < -0.4 is 10.6 Å². The second-order valence-electron chi connectivity index (χ2n) is 7.24. The zero-order valence-corrected chi connectivity index (χ0v) is 18.1. The molecule has 0 saturated carbocycles. The van der Waals surface area contributed by atoms with Crippen molar-refractivity contribution in [2.45, 2.75) is 26.2 Å². The maximum absolute atomic E-state index is 12.5. The van der Waals surface area contributed by atoms with Gasteiger partial charge >= 0.3 is 0 Å². The van der Waals surface area contributed by atoms with Gasteiger partial charge in [0.2, 0.25) is 11.8 Å². The Kier molecular flexibility index (Phi) is 7.34. The van der Waals surface area contributed by atoms with E-state index in [2.05, 4.69) is 17.6 Å². The van der Waals surface area contributed by atoms with Crippen LogP contribution in [-0.4, -0.2) is 35.7 Å². The summed E-state index contributed by atoms with van der Waals surface area (Å²) in [6, 6.07) is 11.3. The molecule has 1 aliphatic heterocycles. The molecular formula is C22H23Cl2N3O3. The van der Waals surface area contributed by atoms with Crippen molar-refractivity contribution in [3.63, 3.8) is 0 Å². The number of likely N-dealkylation sites (tertiary alicyclic amines) is 1. The van der Waals surface area contributed by atoms with E-state index >= 15 is 0 Å². The molecule has 2 N–H and O–H groups in total. The van der Waals surface area contributed by atoms with Gasteiger partial charge in [-0.3, -0.25) is 14.4 Å². The summed E-state index contributed by atoms with van der Waals surface area (Å²) >= 11 is 12.0. The van der Waals surface area contributed by atoms with Crippen molar-refractivity contribution in [1.82, 2.24) is 4.90 Å². The number of nitrogens with one attached hydrogen (secondary N) is 2. The molecular weight excluding hydrogens is 425 g/mol. The summed E-state index contributed by atoms with van der Waals surface area (Å²) in [4.78, 5) is 38.7. The molecule has 8 heteroatoms. The summed E-state index contributed by atoms with van der Waals surface area (Å²) in [5, 5.41) is 6.39. The number of carbonyl (C=O) groups is 3. The lowest BCUT2D eigenvalue weighted by atomic mass is 10.1. The van der Waals surface area contributed by atoms with E-state index in [1.165, 1.54) is 0 Å². The van der Waals surface area contributed by atoms with Crippen molar-refractivity contribution < 1.29 is 14.4 Å². The van der Waals surface area contributed by atoms with Gasteiger partial charge < -0.3 is 15.5 Å². The van der Waals surface area contributed by atoms with E-state index in [9.17, 15) is 14.4 Å². The van der Waals surface area contributed by atoms with Crippen LogP contribution in [0.2, 0.25) is 10.0 Å². The normalized spacial score (nSPS) is 15.9. The van der Waals surface area contributed by atoms with Crippen LogP contribution in [0.3, 0.4) is 0 Å². The number of rotatable bonds is 7. The molecule has 6 nitrogen and oxygen atoms in total.